The van der Waals surface area contributed by atoms with E-state index in [0.717, 1.165) is 18.4 Å². The van der Waals surface area contributed by atoms with Crippen molar-refractivity contribution in [3.8, 4) is 11.3 Å². The first-order chi connectivity index (χ1) is 26.8. The number of amides is 3. The first kappa shape index (κ1) is 37.3. The van der Waals surface area contributed by atoms with Crippen molar-refractivity contribution >= 4 is 40.7 Å². The lowest BCUT2D eigenvalue weighted by Gasteiger charge is -2.38. The molecule has 4 aliphatic rings. The Hall–Kier alpha value is -5.64. The Kier molecular flexibility index (Phi) is 9.63. The highest BCUT2D eigenvalue weighted by atomic mass is 16.5. The van der Waals surface area contributed by atoms with Crippen molar-refractivity contribution in [3.63, 3.8) is 0 Å². The maximum atomic E-state index is 14.0. The molecular formula is C41H47N9O6. The van der Waals surface area contributed by atoms with Crippen molar-refractivity contribution in [2.45, 2.75) is 58.3 Å². The van der Waals surface area contributed by atoms with Gasteiger partial charge in [0.2, 0.25) is 11.8 Å². The summed E-state index contributed by atoms with van der Waals surface area (Å²) in [5.41, 5.74) is 5.77. The summed E-state index contributed by atoms with van der Waals surface area (Å²) in [6.45, 7) is 11.1. The Morgan fingerprint density at radius 1 is 1.09 bits per heavy atom. The van der Waals surface area contributed by atoms with E-state index < -0.39 is 18.1 Å². The van der Waals surface area contributed by atoms with Crippen molar-refractivity contribution in [3.05, 3.63) is 93.8 Å². The third-order valence-electron chi connectivity index (χ3n) is 11.6. The Labute approximate surface area is 324 Å². The Bertz CT molecular complexity index is 2330. The molecule has 15 heteroatoms. The van der Waals surface area contributed by atoms with Crippen LogP contribution in [0.3, 0.4) is 0 Å². The molecule has 2 saturated heterocycles. The highest BCUT2D eigenvalue weighted by Gasteiger charge is 2.38. The fraction of sp³-hybridized carbons (Fsp3) is 0.415. The molecule has 3 aromatic heterocycles. The van der Waals surface area contributed by atoms with Crippen molar-refractivity contribution < 1.29 is 24.2 Å². The van der Waals surface area contributed by atoms with Gasteiger partial charge in [0, 0.05) is 87.3 Å². The highest BCUT2D eigenvalue weighted by molar-refractivity contribution is 6.06. The number of aliphatic hydroxyl groups excluding tert-OH is 1. The van der Waals surface area contributed by atoms with Crippen LogP contribution in [0.4, 0.5) is 23.0 Å². The molecule has 56 heavy (non-hydrogen) atoms. The van der Waals surface area contributed by atoms with Crippen molar-refractivity contribution in [1.82, 2.24) is 28.9 Å². The number of fused-ring (bicyclic) bond motifs is 3. The van der Waals surface area contributed by atoms with Gasteiger partial charge in [0.1, 0.15) is 11.5 Å². The summed E-state index contributed by atoms with van der Waals surface area (Å²) in [5, 5.41) is 16.8. The van der Waals surface area contributed by atoms with Gasteiger partial charge in [-0.25, -0.2) is 9.97 Å². The molecule has 292 valence electrons. The number of likely N-dealkylation sites (N-methyl/N-ethyl adjacent to an activating group) is 1. The largest absolute Gasteiger partial charge is 0.392 e. The van der Waals surface area contributed by atoms with Gasteiger partial charge in [0.25, 0.3) is 11.5 Å². The number of hydrogen-bond acceptors (Lipinski definition) is 10. The van der Waals surface area contributed by atoms with E-state index >= 15 is 0 Å². The summed E-state index contributed by atoms with van der Waals surface area (Å²) in [7, 11) is 3.38. The van der Waals surface area contributed by atoms with Crippen LogP contribution in [-0.4, -0.2) is 97.7 Å². The normalized spacial score (nSPS) is 19.6. The fourth-order valence-electron chi connectivity index (χ4n) is 8.49. The van der Waals surface area contributed by atoms with E-state index in [2.05, 4.69) is 45.5 Å². The number of ether oxygens (including phenoxy) is 1. The van der Waals surface area contributed by atoms with Gasteiger partial charge >= 0.3 is 0 Å². The standard InChI is InChI=1S/C41H47N9O6/c1-6-35(52)44-30-16-25(7-8-28(30)34-20-48(26-22-56-23-26)12-10-36(53)47(34)5)43-37-40(55)46(4)19-31(45-37)27-9-11-42-38(29(27)21-51)50-14-13-49-32(39(50)54)15-24-17-41(2,3)18-33(24)49/h6-9,11,15-16,19,26,34,51H,1,10,12-14,17-18,20-23H2,2-5H3,(H,43,45)(H,44,52)/t34-/m0/s1. The minimum atomic E-state index is -0.426. The molecular weight excluding hydrogens is 715 g/mol. The second-order valence-corrected chi connectivity index (χ2v) is 15.9. The van der Waals surface area contributed by atoms with Gasteiger partial charge < -0.3 is 34.5 Å². The third-order valence-corrected chi connectivity index (χ3v) is 11.6. The van der Waals surface area contributed by atoms with Gasteiger partial charge in [0.15, 0.2) is 5.82 Å². The molecule has 4 aromatic rings. The molecule has 0 saturated carbocycles. The highest BCUT2D eigenvalue weighted by Crippen LogP contribution is 2.40. The molecule has 0 bridgehead atoms. The van der Waals surface area contributed by atoms with Crippen LogP contribution in [-0.2, 0) is 47.4 Å². The SMILES string of the molecule is C=CC(=O)Nc1cc(Nc2nc(-c3ccnc(N4CCn5c(cc6c5CC(C)(C)C6)C4=O)c3CO)cn(C)c2=O)ccc1[C@@H]1CN(C2COC2)CCC(=O)N1C. The first-order valence-electron chi connectivity index (χ1n) is 19.0. The smallest absolute Gasteiger partial charge is 0.293 e. The second-order valence-electron chi connectivity index (χ2n) is 15.9. The van der Waals surface area contributed by atoms with Crippen LogP contribution in [0.1, 0.15) is 59.2 Å². The maximum absolute atomic E-state index is 14.0. The number of carbonyl (C=O) groups is 3. The molecule has 1 aliphatic carbocycles. The number of pyridine rings is 1. The summed E-state index contributed by atoms with van der Waals surface area (Å²) in [4.78, 5) is 68.2. The summed E-state index contributed by atoms with van der Waals surface area (Å²) >= 11 is 0. The van der Waals surface area contributed by atoms with Crippen LogP contribution in [0.5, 0.6) is 0 Å². The van der Waals surface area contributed by atoms with Gasteiger partial charge in [-0.2, -0.15) is 0 Å². The molecule has 6 heterocycles. The molecule has 2 fully saturated rings. The van der Waals surface area contributed by atoms with Gasteiger partial charge in [-0.1, -0.05) is 26.5 Å². The summed E-state index contributed by atoms with van der Waals surface area (Å²) in [5.74, 6) is -0.256. The van der Waals surface area contributed by atoms with Crippen LogP contribution in [0.15, 0.2) is 60.2 Å². The molecule has 8 rings (SSSR count). The van der Waals surface area contributed by atoms with E-state index in [4.69, 9.17) is 9.72 Å². The molecule has 1 aromatic carbocycles. The number of carbonyl (C=O) groups excluding carboxylic acids is 3. The summed E-state index contributed by atoms with van der Waals surface area (Å²) in [6.07, 6.45) is 6.55. The minimum Gasteiger partial charge on any atom is -0.392 e. The van der Waals surface area contributed by atoms with Crippen molar-refractivity contribution in [2.75, 3.05) is 55.4 Å². The topological polar surface area (TPSA) is 167 Å². The van der Waals surface area contributed by atoms with Gasteiger partial charge in [-0.15, -0.1) is 0 Å². The molecule has 0 radical (unpaired) electrons. The lowest BCUT2D eigenvalue weighted by molar-refractivity contribution is -0.131. The quantitative estimate of drug-likeness (QED) is 0.215. The average Bonchev–Trinajstić information content (AvgIpc) is 3.60. The molecule has 3 N–H and O–H groups in total. The van der Waals surface area contributed by atoms with E-state index in [1.165, 1.54) is 21.9 Å². The third kappa shape index (κ3) is 6.69. The number of aliphatic hydroxyl groups is 1. The van der Waals surface area contributed by atoms with Crippen molar-refractivity contribution in [2.24, 2.45) is 12.5 Å². The number of rotatable bonds is 9. The number of anilines is 4. The zero-order valence-electron chi connectivity index (χ0n) is 32.2. The monoisotopic (exact) mass is 761 g/mol. The van der Waals surface area contributed by atoms with Crippen LogP contribution < -0.4 is 21.1 Å². The molecule has 3 aliphatic heterocycles. The number of hydrogen-bond donors (Lipinski definition) is 3. The predicted octanol–water partition coefficient (Wildman–Crippen LogP) is 3.39. The summed E-state index contributed by atoms with van der Waals surface area (Å²) < 4.78 is 8.96. The Morgan fingerprint density at radius 2 is 1.89 bits per heavy atom. The van der Waals surface area contributed by atoms with Gasteiger partial charge in [-0.3, -0.25) is 29.0 Å². The minimum absolute atomic E-state index is 0.00125. The Morgan fingerprint density at radius 3 is 2.62 bits per heavy atom. The van der Waals surface area contributed by atoms with E-state index in [1.807, 2.05) is 12.1 Å². The zero-order chi connectivity index (χ0) is 39.5. The molecule has 15 nitrogen and oxygen atoms in total. The van der Waals surface area contributed by atoms with E-state index in [9.17, 15) is 24.3 Å². The number of benzene rings is 1. The molecule has 0 spiro atoms. The average molecular weight is 762 g/mol. The van der Waals surface area contributed by atoms with E-state index in [-0.39, 0.29) is 35.1 Å². The van der Waals surface area contributed by atoms with Crippen molar-refractivity contribution in [1.29, 1.82) is 0 Å². The zero-order valence-corrected chi connectivity index (χ0v) is 32.2. The molecule has 3 amide bonds. The van der Waals surface area contributed by atoms with Crippen LogP contribution in [0, 0.1) is 5.41 Å². The van der Waals surface area contributed by atoms with Crippen LogP contribution >= 0.6 is 0 Å². The van der Waals surface area contributed by atoms with Gasteiger partial charge in [-0.05, 0) is 59.7 Å². The van der Waals surface area contributed by atoms with Gasteiger partial charge in [0.05, 0.1) is 37.6 Å². The molecule has 0 unspecified atom stereocenters. The lowest BCUT2D eigenvalue weighted by atomic mass is 9.90. The number of nitrogens with one attached hydrogen (secondary N) is 2. The summed E-state index contributed by atoms with van der Waals surface area (Å²) in [6, 6.07) is 8.90. The first-order valence-corrected chi connectivity index (χ1v) is 19.0. The van der Waals surface area contributed by atoms with Crippen LogP contribution in [0.25, 0.3) is 11.3 Å². The fourth-order valence-corrected chi connectivity index (χ4v) is 8.49. The number of aromatic nitrogens is 4. The maximum Gasteiger partial charge on any atom is 0.293 e. The van der Waals surface area contributed by atoms with E-state index in [1.54, 1.807) is 54.5 Å². The predicted molar refractivity (Wildman–Crippen MR) is 211 cm³/mol. The number of nitrogens with zero attached hydrogens (tertiary/aromatic N) is 7. The van der Waals surface area contributed by atoms with E-state index in [0.29, 0.717) is 85.5 Å². The molecule has 1 atom stereocenters. The number of aryl methyl sites for hydroxylation is 1. The second kappa shape index (κ2) is 14.5. The lowest BCUT2D eigenvalue weighted by Crippen LogP contribution is -2.50. The Balaban J connectivity index is 1.11. The van der Waals surface area contributed by atoms with Crippen LogP contribution in [0.2, 0.25) is 0 Å².